The van der Waals surface area contributed by atoms with Crippen LogP contribution in [-0.4, -0.2) is 45.1 Å². The van der Waals surface area contributed by atoms with E-state index >= 15 is 0 Å². The number of aromatic nitrogens is 4. The van der Waals surface area contributed by atoms with E-state index in [-0.39, 0.29) is 11.2 Å². The maximum absolute atomic E-state index is 12.4. The zero-order valence-corrected chi connectivity index (χ0v) is 11.4. The van der Waals surface area contributed by atoms with Crippen LogP contribution in [0.1, 0.15) is 12.5 Å². The second-order valence-corrected chi connectivity index (χ2v) is 6.44. The third-order valence-corrected chi connectivity index (χ3v) is 5.24. The summed E-state index contributed by atoms with van der Waals surface area (Å²) in [5.41, 5.74) is 0. The fourth-order valence-corrected chi connectivity index (χ4v) is 3.92. The van der Waals surface area contributed by atoms with Crippen molar-refractivity contribution in [2.75, 3.05) is 13.1 Å². The molecule has 0 spiro atoms. The third-order valence-electron chi connectivity index (χ3n) is 3.37. The Bertz CT molecular complexity index is 661. The van der Waals surface area contributed by atoms with Crippen LogP contribution in [0.4, 0.5) is 0 Å². The monoisotopic (exact) mass is 281 g/mol. The summed E-state index contributed by atoms with van der Waals surface area (Å²) < 4.78 is 29.7. The van der Waals surface area contributed by atoms with Crippen LogP contribution in [0.25, 0.3) is 0 Å². The van der Waals surface area contributed by atoms with E-state index in [4.69, 9.17) is 0 Å². The highest BCUT2D eigenvalue weighted by Gasteiger charge is 2.35. The van der Waals surface area contributed by atoms with E-state index in [1.807, 2.05) is 16.9 Å². The van der Waals surface area contributed by atoms with Crippen LogP contribution in [0.2, 0.25) is 0 Å². The minimum atomic E-state index is -3.51. The first-order valence-corrected chi connectivity index (χ1v) is 7.49. The molecule has 2 aromatic heterocycles. The number of hydrogen-bond acceptors (Lipinski definition) is 4. The van der Waals surface area contributed by atoms with Crippen molar-refractivity contribution >= 4 is 10.0 Å². The van der Waals surface area contributed by atoms with E-state index in [0.717, 1.165) is 6.42 Å². The zero-order valence-electron chi connectivity index (χ0n) is 10.5. The van der Waals surface area contributed by atoms with Crippen molar-refractivity contribution < 1.29 is 8.42 Å². The van der Waals surface area contributed by atoms with Crippen LogP contribution in [0.3, 0.4) is 0 Å². The second-order valence-electron chi connectivity index (χ2n) is 4.61. The molecule has 0 radical (unpaired) electrons. The van der Waals surface area contributed by atoms with Crippen LogP contribution >= 0.6 is 0 Å². The lowest BCUT2D eigenvalue weighted by atomic mass is 10.3. The average molecular weight is 281 g/mol. The van der Waals surface area contributed by atoms with Crippen molar-refractivity contribution in [2.45, 2.75) is 17.6 Å². The molecule has 0 bridgehead atoms. The summed E-state index contributed by atoms with van der Waals surface area (Å²) >= 11 is 0. The van der Waals surface area contributed by atoms with E-state index in [1.54, 1.807) is 19.4 Å². The molecular formula is C11H15N5O2S. The molecule has 102 valence electrons. The van der Waals surface area contributed by atoms with Crippen molar-refractivity contribution in [3.05, 3.63) is 30.9 Å². The van der Waals surface area contributed by atoms with E-state index in [0.29, 0.717) is 13.1 Å². The molecule has 7 nitrogen and oxygen atoms in total. The molecule has 1 aliphatic rings. The fourth-order valence-electron chi connectivity index (χ4n) is 2.36. The van der Waals surface area contributed by atoms with Gasteiger partial charge in [0.2, 0.25) is 5.16 Å². The van der Waals surface area contributed by atoms with Crippen molar-refractivity contribution in [3.8, 4) is 0 Å². The highest BCUT2D eigenvalue weighted by atomic mass is 32.2. The summed E-state index contributed by atoms with van der Waals surface area (Å²) in [6, 6.07) is 1.95. The number of rotatable bonds is 3. The van der Waals surface area contributed by atoms with Gasteiger partial charge in [-0.25, -0.2) is 13.4 Å². The standard InChI is InChI=1S/C11H15N5O2S/c1-14-8-5-12-11(14)19(17,18)15-7-3-10(9-15)16-6-2-4-13-16/h2,4-6,8,10H,3,7,9H2,1H3. The summed E-state index contributed by atoms with van der Waals surface area (Å²) in [4.78, 5) is 3.93. The van der Waals surface area contributed by atoms with E-state index in [9.17, 15) is 8.42 Å². The van der Waals surface area contributed by atoms with Gasteiger partial charge in [0.1, 0.15) is 0 Å². The molecule has 1 saturated heterocycles. The number of imidazole rings is 1. The zero-order chi connectivity index (χ0) is 13.5. The Morgan fingerprint density at radius 3 is 2.79 bits per heavy atom. The molecule has 1 aliphatic heterocycles. The Kier molecular flexibility index (Phi) is 2.90. The smallest absolute Gasteiger partial charge is 0.277 e. The molecule has 0 saturated carbocycles. The quantitative estimate of drug-likeness (QED) is 0.808. The van der Waals surface area contributed by atoms with Gasteiger partial charge in [-0.1, -0.05) is 0 Å². The lowest BCUT2D eigenvalue weighted by molar-refractivity contribution is 0.429. The maximum Gasteiger partial charge on any atom is 0.277 e. The molecule has 1 atom stereocenters. The average Bonchev–Trinajstić information content (AvgIpc) is 3.10. The highest BCUT2D eigenvalue weighted by molar-refractivity contribution is 7.89. The summed E-state index contributed by atoms with van der Waals surface area (Å²) in [6.07, 6.45) is 7.46. The van der Waals surface area contributed by atoms with Crippen LogP contribution in [-0.2, 0) is 17.1 Å². The van der Waals surface area contributed by atoms with Gasteiger partial charge >= 0.3 is 0 Å². The third kappa shape index (κ3) is 2.06. The van der Waals surface area contributed by atoms with Gasteiger partial charge in [-0.3, -0.25) is 4.68 Å². The summed E-state index contributed by atoms with van der Waals surface area (Å²) in [7, 11) is -1.82. The molecule has 8 heteroatoms. The van der Waals surface area contributed by atoms with Crippen molar-refractivity contribution in [3.63, 3.8) is 0 Å². The van der Waals surface area contributed by atoms with E-state index in [2.05, 4.69) is 10.1 Å². The predicted molar refractivity (Wildman–Crippen MR) is 67.8 cm³/mol. The number of sulfonamides is 1. The molecule has 0 aromatic carbocycles. The van der Waals surface area contributed by atoms with Gasteiger partial charge in [-0.05, 0) is 12.5 Å². The molecule has 19 heavy (non-hydrogen) atoms. The Morgan fingerprint density at radius 2 is 2.16 bits per heavy atom. The van der Waals surface area contributed by atoms with Crippen LogP contribution < -0.4 is 0 Å². The molecule has 1 unspecified atom stereocenters. The molecule has 0 N–H and O–H groups in total. The first-order chi connectivity index (χ1) is 9.09. The lowest BCUT2D eigenvalue weighted by Crippen LogP contribution is -2.31. The summed E-state index contributed by atoms with van der Waals surface area (Å²) in [6.45, 7) is 0.941. The van der Waals surface area contributed by atoms with Gasteiger partial charge in [0, 0.05) is 44.9 Å². The van der Waals surface area contributed by atoms with Gasteiger partial charge in [0.25, 0.3) is 10.0 Å². The first kappa shape index (κ1) is 12.4. The Balaban J connectivity index is 1.83. The molecular weight excluding hydrogens is 266 g/mol. The van der Waals surface area contributed by atoms with Gasteiger partial charge in [-0.2, -0.15) is 9.40 Å². The molecule has 2 aromatic rings. The highest BCUT2D eigenvalue weighted by Crippen LogP contribution is 2.25. The minimum Gasteiger partial charge on any atom is -0.324 e. The first-order valence-electron chi connectivity index (χ1n) is 6.05. The number of hydrogen-bond donors (Lipinski definition) is 0. The van der Waals surface area contributed by atoms with Crippen LogP contribution in [0, 0.1) is 0 Å². The van der Waals surface area contributed by atoms with E-state index in [1.165, 1.54) is 15.1 Å². The van der Waals surface area contributed by atoms with Crippen molar-refractivity contribution in [1.82, 2.24) is 23.6 Å². The van der Waals surface area contributed by atoms with E-state index < -0.39 is 10.0 Å². The van der Waals surface area contributed by atoms with Crippen LogP contribution in [0.15, 0.2) is 36.0 Å². The Hall–Kier alpha value is -1.67. The molecule has 1 fully saturated rings. The van der Waals surface area contributed by atoms with Gasteiger partial charge in [0.05, 0.1) is 6.04 Å². The topological polar surface area (TPSA) is 73.0 Å². The van der Waals surface area contributed by atoms with Gasteiger partial charge in [-0.15, -0.1) is 0 Å². The lowest BCUT2D eigenvalue weighted by Gasteiger charge is -2.16. The molecule has 3 heterocycles. The number of aryl methyl sites for hydroxylation is 1. The molecule has 0 amide bonds. The fraction of sp³-hybridized carbons (Fsp3) is 0.455. The number of nitrogens with zero attached hydrogens (tertiary/aromatic N) is 5. The Morgan fingerprint density at radius 1 is 1.32 bits per heavy atom. The maximum atomic E-state index is 12.4. The van der Waals surface area contributed by atoms with Gasteiger partial charge < -0.3 is 4.57 Å². The Labute approximate surface area is 111 Å². The van der Waals surface area contributed by atoms with Crippen LogP contribution in [0.5, 0.6) is 0 Å². The SMILES string of the molecule is Cn1ccnc1S(=O)(=O)N1CCC(n2cccn2)C1. The predicted octanol–water partition coefficient (Wildman–Crippen LogP) is 0.252. The van der Waals surface area contributed by atoms with Crippen molar-refractivity contribution in [2.24, 2.45) is 7.05 Å². The molecule has 3 rings (SSSR count). The van der Waals surface area contributed by atoms with Crippen molar-refractivity contribution in [1.29, 1.82) is 0 Å². The van der Waals surface area contributed by atoms with Gasteiger partial charge in [0.15, 0.2) is 0 Å². The largest absolute Gasteiger partial charge is 0.324 e. The molecule has 0 aliphatic carbocycles. The summed E-state index contributed by atoms with van der Waals surface area (Å²) in [5.74, 6) is 0. The second kappa shape index (κ2) is 4.46. The minimum absolute atomic E-state index is 0.0913. The normalized spacial score (nSPS) is 21.0. The summed E-state index contributed by atoms with van der Waals surface area (Å²) in [5, 5.41) is 4.26.